The molecule has 2 aliphatic heterocycles. The van der Waals surface area contributed by atoms with Gasteiger partial charge in [-0.1, -0.05) is 11.6 Å². The van der Waals surface area contributed by atoms with Gasteiger partial charge in [0, 0.05) is 25.2 Å². The summed E-state index contributed by atoms with van der Waals surface area (Å²) in [4.78, 5) is 3.36. The maximum Gasteiger partial charge on any atom is 0.252 e. The molecule has 0 radical (unpaired) electrons. The van der Waals surface area contributed by atoms with Crippen molar-refractivity contribution in [2.75, 3.05) is 26.2 Å². The van der Waals surface area contributed by atoms with Gasteiger partial charge in [0.1, 0.15) is 4.21 Å². The van der Waals surface area contributed by atoms with Gasteiger partial charge in [0.15, 0.2) is 5.76 Å². The molecule has 142 valence electrons. The quantitative estimate of drug-likeness (QED) is 0.794. The highest BCUT2D eigenvalue weighted by atomic mass is 32.2. The van der Waals surface area contributed by atoms with Gasteiger partial charge in [-0.25, -0.2) is 8.42 Å². The summed E-state index contributed by atoms with van der Waals surface area (Å²) < 4.78 is 33.3. The summed E-state index contributed by atoms with van der Waals surface area (Å²) in [7, 11) is -3.43. The summed E-state index contributed by atoms with van der Waals surface area (Å²) in [6.45, 7) is 5.41. The molecule has 26 heavy (non-hydrogen) atoms. The first-order valence-corrected chi connectivity index (χ1v) is 11.6. The number of sulfonamides is 1. The van der Waals surface area contributed by atoms with Crippen LogP contribution in [0, 0.1) is 6.92 Å². The lowest BCUT2D eigenvalue weighted by molar-refractivity contribution is 0.118. The molecule has 0 amide bonds. The molecule has 0 N–H and O–H groups in total. The molecule has 4 rings (SSSR count). The minimum atomic E-state index is -3.43. The molecule has 2 aliphatic rings. The molecule has 0 aliphatic carbocycles. The van der Waals surface area contributed by atoms with Crippen LogP contribution < -0.4 is 0 Å². The van der Waals surface area contributed by atoms with Crippen molar-refractivity contribution in [1.29, 1.82) is 0 Å². The minimum Gasteiger partial charge on any atom is -0.355 e. The van der Waals surface area contributed by atoms with Gasteiger partial charge in [-0.15, -0.1) is 11.3 Å². The standard InChI is InChI=1S/C18H25N3O3S2/c1-14-13-16(24-19-14)17-5-6-18(25-17)26(22,23)21-11-7-15(8-12-21)20-9-3-2-4-10-20/h5-6,13,15H,2-4,7-12H2,1H3. The van der Waals surface area contributed by atoms with Crippen LogP contribution in [0.2, 0.25) is 0 Å². The Labute approximate surface area is 158 Å². The zero-order chi connectivity index (χ0) is 18.1. The lowest BCUT2D eigenvalue weighted by atomic mass is 10.0. The molecule has 8 heteroatoms. The fourth-order valence-electron chi connectivity index (χ4n) is 3.93. The highest BCUT2D eigenvalue weighted by molar-refractivity contribution is 7.91. The van der Waals surface area contributed by atoms with E-state index in [0.717, 1.165) is 23.4 Å². The zero-order valence-corrected chi connectivity index (χ0v) is 16.7. The lowest BCUT2D eigenvalue weighted by Gasteiger charge is -2.39. The second-order valence-electron chi connectivity index (χ2n) is 7.18. The second kappa shape index (κ2) is 7.42. The fourth-order valence-corrected chi connectivity index (χ4v) is 6.81. The number of piperidine rings is 2. The van der Waals surface area contributed by atoms with Gasteiger partial charge < -0.3 is 9.42 Å². The number of rotatable bonds is 4. The fraction of sp³-hybridized carbons (Fsp3) is 0.611. The number of hydrogen-bond donors (Lipinski definition) is 0. The van der Waals surface area contributed by atoms with Crippen molar-refractivity contribution in [3.8, 4) is 10.6 Å². The molecule has 4 heterocycles. The van der Waals surface area contributed by atoms with E-state index in [9.17, 15) is 8.42 Å². The number of aromatic nitrogens is 1. The van der Waals surface area contributed by atoms with Gasteiger partial charge in [0.25, 0.3) is 10.0 Å². The monoisotopic (exact) mass is 395 g/mol. The second-order valence-corrected chi connectivity index (χ2v) is 10.4. The average molecular weight is 396 g/mol. The molecule has 6 nitrogen and oxygen atoms in total. The molecule has 0 bridgehead atoms. The van der Waals surface area contributed by atoms with E-state index < -0.39 is 10.0 Å². The van der Waals surface area contributed by atoms with Crippen molar-refractivity contribution in [3.63, 3.8) is 0 Å². The summed E-state index contributed by atoms with van der Waals surface area (Å²) in [5.74, 6) is 0.623. The molecular weight excluding hydrogens is 370 g/mol. The molecule has 2 aromatic rings. The predicted molar refractivity (Wildman–Crippen MR) is 102 cm³/mol. The Morgan fingerprint density at radius 1 is 1.12 bits per heavy atom. The lowest BCUT2D eigenvalue weighted by Crippen LogP contribution is -2.48. The van der Waals surface area contributed by atoms with Crippen LogP contribution in [0.4, 0.5) is 0 Å². The number of thiophene rings is 1. The van der Waals surface area contributed by atoms with Crippen molar-refractivity contribution in [2.24, 2.45) is 0 Å². The summed E-state index contributed by atoms with van der Waals surface area (Å²) in [5.41, 5.74) is 0.789. The van der Waals surface area contributed by atoms with Crippen LogP contribution in [0.25, 0.3) is 10.6 Å². The largest absolute Gasteiger partial charge is 0.355 e. The number of likely N-dealkylation sites (tertiary alicyclic amines) is 1. The van der Waals surface area contributed by atoms with Crippen LogP contribution in [0.15, 0.2) is 26.9 Å². The van der Waals surface area contributed by atoms with Crippen molar-refractivity contribution < 1.29 is 12.9 Å². The Balaban J connectivity index is 1.43. The van der Waals surface area contributed by atoms with Crippen molar-refractivity contribution in [2.45, 2.75) is 49.3 Å². The van der Waals surface area contributed by atoms with E-state index in [-0.39, 0.29) is 0 Å². The number of aryl methyl sites for hydroxylation is 1. The smallest absolute Gasteiger partial charge is 0.252 e. The predicted octanol–water partition coefficient (Wildman–Crippen LogP) is 3.35. The normalized spacial score (nSPS) is 21.3. The molecule has 2 saturated heterocycles. The van der Waals surface area contributed by atoms with Crippen LogP contribution in [-0.2, 0) is 10.0 Å². The van der Waals surface area contributed by atoms with E-state index in [4.69, 9.17) is 4.52 Å². The molecule has 0 atom stereocenters. The van der Waals surface area contributed by atoms with Crippen LogP contribution in [-0.4, -0.2) is 55.0 Å². The molecule has 0 saturated carbocycles. The highest BCUT2D eigenvalue weighted by Gasteiger charge is 2.33. The first-order chi connectivity index (χ1) is 12.5. The third-order valence-corrected chi connectivity index (χ3v) is 8.84. The molecule has 0 unspecified atom stereocenters. The Hall–Kier alpha value is -1.22. The van der Waals surface area contributed by atoms with Crippen molar-refractivity contribution in [3.05, 3.63) is 23.9 Å². The zero-order valence-electron chi connectivity index (χ0n) is 15.1. The summed E-state index contributed by atoms with van der Waals surface area (Å²) in [6.07, 6.45) is 5.74. The van der Waals surface area contributed by atoms with Crippen molar-refractivity contribution >= 4 is 21.4 Å². The van der Waals surface area contributed by atoms with Crippen LogP contribution >= 0.6 is 11.3 Å². The van der Waals surface area contributed by atoms with Gasteiger partial charge in [0.2, 0.25) is 0 Å². The van der Waals surface area contributed by atoms with E-state index in [1.54, 1.807) is 16.4 Å². The molecule has 0 spiro atoms. The van der Waals surface area contributed by atoms with E-state index in [1.807, 2.05) is 13.0 Å². The average Bonchev–Trinajstić information content (AvgIpc) is 3.32. The van der Waals surface area contributed by atoms with Gasteiger partial charge in [-0.2, -0.15) is 4.31 Å². The van der Waals surface area contributed by atoms with Gasteiger partial charge in [-0.05, 0) is 57.8 Å². The summed E-state index contributed by atoms with van der Waals surface area (Å²) >= 11 is 1.25. The topological polar surface area (TPSA) is 66.7 Å². The van der Waals surface area contributed by atoms with Gasteiger partial charge in [-0.3, -0.25) is 0 Å². The van der Waals surface area contributed by atoms with E-state index >= 15 is 0 Å². The van der Waals surface area contributed by atoms with Crippen LogP contribution in [0.3, 0.4) is 0 Å². The van der Waals surface area contributed by atoms with Crippen molar-refractivity contribution in [1.82, 2.24) is 14.4 Å². The Kier molecular flexibility index (Phi) is 5.18. The third kappa shape index (κ3) is 3.60. The SMILES string of the molecule is Cc1cc(-c2ccc(S(=O)(=O)N3CCC(N4CCCCC4)CC3)s2)on1. The minimum absolute atomic E-state index is 0.387. The summed E-state index contributed by atoms with van der Waals surface area (Å²) in [5, 5.41) is 3.87. The molecular formula is C18H25N3O3S2. The maximum atomic E-state index is 13.0. The number of nitrogens with zero attached hydrogens (tertiary/aromatic N) is 3. The highest BCUT2D eigenvalue weighted by Crippen LogP contribution is 2.34. The molecule has 2 aromatic heterocycles. The molecule has 0 aromatic carbocycles. The maximum absolute atomic E-state index is 13.0. The van der Waals surface area contributed by atoms with Crippen LogP contribution in [0.1, 0.15) is 37.8 Å². The van der Waals surface area contributed by atoms with E-state index in [0.29, 0.717) is 29.1 Å². The summed E-state index contributed by atoms with van der Waals surface area (Å²) in [6, 6.07) is 5.85. The van der Waals surface area contributed by atoms with E-state index in [1.165, 1.54) is 43.7 Å². The first-order valence-electron chi connectivity index (χ1n) is 9.32. The first kappa shape index (κ1) is 18.2. The Bertz CT molecular complexity index is 845. The van der Waals surface area contributed by atoms with Gasteiger partial charge >= 0.3 is 0 Å². The van der Waals surface area contributed by atoms with Gasteiger partial charge in [0.05, 0.1) is 10.6 Å². The Morgan fingerprint density at radius 2 is 1.85 bits per heavy atom. The van der Waals surface area contributed by atoms with E-state index in [2.05, 4.69) is 10.1 Å². The molecule has 2 fully saturated rings. The Morgan fingerprint density at radius 3 is 2.50 bits per heavy atom. The number of hydrogen-bond acceptors (Lipinski definition) is 6. The third-order valence-electron chi connectivity index (χ3n) is 5.38. The van der Waals surface area contributed by atoms with Crippen LogP contribution in [0.5, 0.6) is 0 Å².